The van der Waals surface area contributed by atoms with Crippen LogP contribution in [-0.4, -0.2) is 39.8 Å². The predicted octanol–water partition coefficient (Wildman–Crippen LogP) is 2.53. The summed E-state index contributed by atoms with van der Waals surface area (Å²) in [6.45, 7) is 0. The van der Waals surface area contributed by atoms with Gasteiger partial charge in [-0.1, -0.05) is 5.11 Å². The lowest BCUT2D eigenvalue weighted by Gasteiger charge is -2.29. The third kappa shape index (κ3) is 2.84. The van der Waals surface area contributed by atoms with Gasteiger partial charge in [-0.25, -0.2) is 0 Å². The molecule has 0 spiro atoms. The van der Waals surface area contributed by atoms with Gasteiger partial charge in [-0.05, 0) is 29.8 Å². The van der Waals surface area contributed by atoms with Crippen LogP contribution in [0.15, 0.2) is 34.3 Å². The van der Waals surface area contributed by atoms with Gasteiger partial charge in [-0.3, -0.25) is 0 Å². The zero-order chi connectivity index (χ0) is 14.8. The Bertz CT molecular complexity index is 612. The molecule has 3 rings (SSSR count). The molecule has 2 fully saturated rings. The highest BCUT2D eigenvalue weighted by Crippen LogP contribution is 2.45. The molecule has 6 nitrogen and oxygen atoms in total. The highest BCUT2D eigenvalue weighted by molar-refractivity contribution is 8.17. The summed E-state index contributed by atoms with van der Waals surface area (Å²) >= 11 is 3.31. The van der Waals surface area contributed by atoms with Crippen molar-refractivity contribution in [2.24, 2.45) is 5.11 Å². The van der Waals surface area contributed by atoms with Crippen LogP contribution in [0.3, 0.4) is 0 Å². The van der Waals surface area contributed by atoms with Gasteiger partial charge < -0.3 is 9.84 Å². The first-order chi connectivity index (χ1) is 10.2. The van der Waals surface area contributed by atoms with Gasteiger partial charge in [-0.15, -0.1) is 23.5 Å². The van der Waals surface area contributed by atoms with Crippen molar-refractivity contribution in [2.45, 2.75) is 33.8 Å². The lowest BCUT2D eigenvalue weighted by Crippen LogP contribution is -2.34. The summed E-state index contributed by atoms with van der Waals surface area (Å²) in [5.41, 5.74) is 9.19. The number of nitriles is 1. The van der Waals surface area contributed by atoms with Crippen molar-refractivity contribution in [2.75, 3.05) is 5.75 Å². The predicted molar refractivity (Wildman–Crippen MR) is 80.9 cm³/mol. The molecule has 2 heterocycles. The second kappa shape index (κ2) is 6.18. The molecule has 108 valence electrons. The number of aliphatic hydroxyl groups is 1. The van der Waals surface area contributed by atoms with Gasteiger partial charge >= 0.3 is 0 Å². The van der Waals surface area contributed by atoms with E-state index in [4.69, 9.17) is 15.5 Å². The van der Waals surface area contributed by atoms with Crippen LogP contribution in [0.5, 0.6) is 0 Å². The SMILES string of the molecule is N#Cc1ccc(S[C@H]2SC[C@H]3O[C@H]2[C@@H](O)[C@@H]3N=[N+]=[N-])cc1. The van der Waals surface area contributed by atoms with E-state index in [0.717, 1.165) is 4.90 Å². The number of benzene rings is 1. The molecule has 0 aromatic heterocycles. The Balaban J connectivity index is 1.72. The average molecular weight is 320 g/mol. The molecule has 0 amide bonds. The molecule has 2 saturated heterocycles. The van der Waals surface area contributed by atoms with Gasteiger partial charge in [0, 0.05) is 15.6 Å². The van der Waals surface area contributed by atoms with E-state index in [1.165, 1.54) is 0 Å². The smallest absolute Gasteiger partial charge is 0.106 e. The second-order valence-corrected chi connectivity index (χ2v) is 7.47. The molecule has 0 unspecified atom stereocenters. The number of ether oxygens (including phenoxy) is 1. The fourth-order valence-corrected chi connectivity index (χ4v) is 5.30. The van der Waals surface area contributed by atoms with Gasteiger partial charge in [0.05, 0.1) is 34.5 Å². The van der Waals surface area contributed by atoms with E-state index < -0.39 is 12.1 Å². The summed E-state index contributed by atoms with van der Waals surface area (Å²) in [6.07, 6.45) is -1.31. The third-order valence-corrected chi connectivity index (χ3v) is 6.37. The van der Waals surface area contributed by atoms with Crippen molar-refractivity contribution in [1.29, 1.82) is 5.26 Å². The fraction of sp³-hybridized carbons (Fsp3) is 0.462. The minimum Gasteiger partial charge on any atom is -0.390 e. The molecular weight excluding hydrogens is 308 g/mol. The van der Waals surface area contributed by atoms with Crippen molar-refractivity contribution >= 4 is 23.5 Å². The first kappa shape index (κ1) is 14.6. The standard InChI is InChI=1S/C13H12N4O2S2/c14-5-7-1-3-8(4-2-7)21-13-12-11(18)10(16-17-15)9(19-12)6-20-13/h1-4,9-13,18H,6H2/t9-,10-,11+,12+,13-/m1/s1. The van der Waals surface area contributed by atoms with Crippen molar-refractivity contribution in [1.82, 2.24) is 0 Å². The Labute approximate surface area is 130 Å². The normalized spacial score (nSPS) is 34.0. The Hall–Kier alpha value is -1.36. The minimum atomic E-state index is -0.767. The minimum absolute atomic E-state index is 0.0445. The maximum Gasteiger partial charge on any atom is 0.106 e. The summed E-state index contributed by atoms with van der Waals surface area (Å²) in [4.78, 5) is 3.82. The van der Waals surface area contributed by atoms with E-state index in [1.54, 1.807) is 35.7 Å². The van der Waals surface area contributed by atoms with Gasteiger partial charge in [0.15, 0.2) is 0 Å². The number of hydrogen-bond acceptors (Lipinski definition) is 6. The van der Waals surface area contributed by atoms with Crippen molar-refractivity contribution in [3.8, 4) is 6.07 Å². The number of nitrogens with zero attached hydrogens (tertiary/aromatic N) is 4. The monoisotopic (exact) mass is 320 g/mol. The Morgan fingerprint density at radius 3 is 2.90 bits per heavy atom. The molecule has 5 atom stereocenters. The maximum atomic E-state index is 10.3. The topological polar surface area (TPSA) is 102 Å². The molecular formula is C13H12N4O2S2. The molecule has 21 heavy (non-hydrogen) atoms. The summed E-state index contributed by atoms with van der Waals surface area (Å²) in [5.74, 6) is 0.700. The van der Waals surface area contributed by atoms with Crippen LogP contribution in [0.1, 0.15) is 5.56 Å². The first-order valence-electron chi connectivity index (χ1n) is 6.39. The molecule has 2 aliphatic rings. The number of aliphatic hydroxyl groups excluding tert-OH is 1. The Morgan fingerprint density at radius 1 is 1.48 bits per heavy atom. The quantitative estimate of drug-likeness (QED) is 0.524. The van der Waals surface area contributed by atoms with Crippen LogP contribution in [0.4, 0.5) is 0 Å². The average Bonchev–Trinajstić information content (AvgIpc) is 2.77. The number of hydrogen-bond donors (Lipinski definition) is 1. The van der Waals surface area contributed by atoms with Gasteiger partial charge in [0.1, 0.15) is 6.10 Å². The lowest BCUT2D eigenvalue weighted by atomic mass is 10.1. The Morgan fingerprint density at radius 2 is 2.24 bits per heavy atom. The summed E-state index contributed by atoms with van der Waals surface area (Å²) in [6, 6.07) is 8.91. The van der Waals surface area contributed by atoms with Crippen LogP contribution in [0.25, 0.3) is 10.4 Å². The Kier molecular flexibility index (Phi) is 4.29. The summed E-state index contributed by atoms with van der Waals surface area (Å²) in [5, 5.41) is 22.7. The van der Waals surface area contributed by atoms with E-state index >= 15 is 0 Å². The number of azide groups is 1. The van der Waals surface area contributed by atoms with E-state index in [2.05, 4.69) is 16.1 Å². The van der Waals surface area contributed by atoms with Crippen LogP contribution < -0.4 is 0 Å². The van der Waals surface area contributed by atoms with Gasteiger partial charge in [0.2, 0.25) is 0 Å². The number of fused-ring (bicyclic) bond motifs is 2. The van der Waals surface area contributed by atoms with E-state index in [9.17, 15) is 5.11 Å². The van der Waals surface area contributed by atoms with Crippen LogP contribution in [0, 0.1) is 11.3 Å². The molecule has 0 radical (unpaired) electrons. The fourth-order valence-electron chi connectivity index (χ4n) is 2.47. The van der Waals surface area contributed by atoms with Crippen molar-refractivity contribution < 1.29 is 9.84 Å². The molecule has 2 bridgehead atoms. The molecule has 8 heteroatoms. The van der Waals surface area contributed by atoms with E-state index in [1.807, 2.05) is 12.1 Å². The highest BCUT2D eigenvalue weighted by atomic mass is 32.2. The second-order valence-electron chi connectivity index (χ2n) is 4.78. The molecule has 1 aromatic carbocycles. The molecule has 0 saturated carbocycles. The van der Waals surface area contributed by atoms with Crippen LogP contribution >= 0.6 is 23.5 Å². The van der Waals surface area contributed by atoms with E-state index in [-0.39, 0.29) is 16.8 Å². The third-order valence-electron chi connectivity index (χ3n) is 3.51. The number of thioether (sulfide) groups is 2. The molecule has 1 N–H and O–H groups in total. The van der Waals surface area contributed by atoms with Crippen molar-refractivity contribution in [3.63, 3.8) is 0 Å². The van der Waals surface area contributed by atoms with Gasteiger partial charge in [0.25, 0.3) is 0 Å². The molecule has 1 aromatic rings. The van der Waals surface area contributed by atoms with Crippen molar-refractivity contribution in [3.05, 3.63) is 40.3 Å². The maximum absolute atomic E-state index is 10.3. The van der Waals surface area contributed by atoms with Crippen LogP contribution in [0.2, 0.25) is 0 Å². The van der Waals surface area contributed by atoms with Crippen LogP contribution in [-0.2, 0) is 4.74 Å². The zero-order valence-corrected chi connectivity index (χ0v) is 12.5. The molecule has 0 aliphatic carbocycles. The molecule has 2 aliphatic heterocycles. The lowest BCUT2D eigenvalue weighted by molar-refractivity contribution is 0.0234. The zero-order valence-electron chi connectivity index (χ0n) is 10.9. The summed E-state index contributed by atoms with van der Waals surface area (Å²) in [7, 11) is 0. The largest absolute Gasteiger partial charge is 0.390 e. The number of rotatable bonds is 3. The highest BCUT2D eigenvalue weighted by Gasteiger charge is 2.50. The summed E-state index contributed by atoms with van der Waals surface area (Å²) < 4.78 is 5.84. The van der Waals surface area contributed by atoms with Gasteiger partial charge in [-0.2, -0.15) is 5.26 Å². The van der Waals surface area contributed by atoms with E-state index in [0.29, 0.717) is 11.3 Å². The first-order valence-corrected chi connectivity index (χ1v) is 8.32.